The molecular weight excluding hydrogens is 483 g/mol. The average Bonchev–Trinajstić information content (AvgIpc) is 3.50. The first-order valence-corrected chi connectivity index (χ1v) is 11.5. The van der Waals surface area contributed by atoms with Gasteiger partial charge in [0.15, 0.2) is 11.5 Å². The molecule has 1 amide bonds. The first-order valence-electron chi connectivity index (χ1n) is 10.6. The smallest absolute Gasteiger partial charge is 0.365 e. The van der Waals surface area contributed by atoms with E-state index in [2.05, 4.69) is 25.4 Å². The lowest BCUT2D eigenvalue weighted by Crippen LogP contribution is -2.49. The second kappa shape index (κ2) is 9.11. The lowest BCUT2D eigenvalue weighted by molar-refractivity contribution is -0.146. The second-order valence-corrected chi connectivity index (χ2v) is 8.87. The van der Waals surface area contributed by atoms with E-state index in [1.165, 1.54) is 22.6 Å². The third kappa shape index (κ3) is 5.02. The zero-order valence-electron chi connectivity index (χ0n) is 18.2. The van der Waals surface area contributed by atoms with Gasteiger partial charge in [0.05, 0.1) is 35.2 Å². The summed E-state index contributed by atoms with van der Waals surface area (Å²) in [6.45, 7) is 0.706. The number of fused-ring (bicyclic) bond motifs is 1. The Kier molecular flexibility index (Phi) is 5.98. The molecule has 10 nitrogen and oxygen atoms in total. The summed E-state index contributed by atoms with van der Waals surface area (Å²) in [6, 6.07) is 5.32. The fraction of sp³-hybridized carbons (Fsp3) is 0.286. The van der Waals surface area contributed by atoms with E-state index in [1.54, 1.807) is 28.4 Å². The van der Waals surface area contributed by atoms with E-state index in [-0.39, 0.29) is 0 Å². The van der Waals surface area contributed by atoms with Crippen LogP contribution in [-0.2, 0) is 0 Å². The summed E-state index contributed by atoms with van der Waals surface area (Å²) >= 11 is 1.24. The number of anilines is 3. The van der Waals surface area contributed by atoms with Crippen LogP contribution in [0.5, 0.6) is 0 Å². The summed E-state index contributed by atoms with van der Waals surface area (Å²) in [5.74, 6) is 0.661. The van der Waals surface area contributed by atoms with Crippen LogP contribution >= 0.6 is 11.3 Å². The number of primary amides is 1. The van der Waals surface area contributed by atoms with Crippen LogP contribution in [0.1, 0.15) is 9.67 Å². The molecule has 1 aliphatic heterocycles. The number of thiophene rings is 1. The number of alkyl halides is 3. The van der Waals surface area contributed by atoms with Crippen LogP contribution in [-0.4, -0.2) is 74.3 Å². The molecule has 1 aliphatic rings. The fourth-order valence-electron chi connectivity index (χ4n) is 3.87. The van der Waals surface area contributed by atoms with Gasteiger partial charge >= 0.3 is 6.18 Å². The fourth-order valence-corrected chi connectivity index (χ4v) is 4.63. The van der Waals surface area contributed by atoms with Gasteiger partial charge in [0.25, 0.3) is 5.91 Å². The molecule has 0 spiro atoms. The molecule has 4 aromatic heterocycles. The molecule has 0 bridgehead atoms. The lowest BCUT2D eigenvalue weighted by Gasteiger charge is -2.35. The Morgan fingerprint density at radius 3 is 2.57 bits per heavy atom. The van der Waals surface area contributed by atoms with Crippen molar-refractivity contribution in [3.8, 4) is 11.3 Å². The number of amides is 1. The van der Waals surface area contributed by atoms with E-state index in [0.29, 0.717) is 59.7 Å². The molecule has 182 valence electrons. The molecule has 5 rings (SSSR count). The number of aromatic nitrogens is 5. The number of nitrogens with one attached hydrogen (secondary N) is 1. The number of nitrogens with zero attached hydrogens (tertiary/aromatic N) is 7. The third-order valence-corrected chi connectivity index (χ3v) is 6.50. The Bertz CT molecular complexity index is 1340. The third-order valence-electron chi connectivity index (χ3n) is 5.55. The quantitative estimate of drug-likeness (QED) is 0.413. The van der Waals surface area contributed by atoms with Crippen LogP contribution in [0.15, 0.2) is 42.3 Å². The average molecular weight is 504 g/mol. The Hall–Kier alpha value is -3.78. The van der Waals surface area contributed by atoms with Gasteiger partial charge in [-0.15, -0.1) is 11.3 Å². The van der Waals surface area contributed by atoms with Gasteiger partial charge < -0.3 is 16.0 Å². The summed E-state index contributed by atoms with van der Waals surface area (Å²) in [5.41, 5.74) is 7.91. The zero-order valence-corrected chi connectivity index (χ0v) is 19.1. The van der Waals surface area contributed by atoms with Gasteiger partial charge in [0.2, 0.25) is 0 Å². The number of piperazine rings is 1. The van der Waals surface area contributed by atoms with E-state index in [9.17, 15) is 18.0 Å². The molecule has 1 fully saturated rings. The molecule has 0 aliphatic carbocycles. The molecule has 0 saturated carbocycles. The van der Waals surface area contributed by atoms with Gasteiger partial charge in [-0.25, -0.2) is 19.5 Å². The number of carbonyl (C=O) groups is 1. The number of carbonyl (C=O) groups excluding carboxylic acids is 1. The van der Waals surface area contributed by atoms with E-state index in [1.807, 2.05) is 17.0 Å². The van der Waals surface area contributed by atoms with Gasteiger partial charge in [-0.2, -0.15) is 18.3 Å². The SMILES string of the molecule is NC(=O)c1cc(-c2cnc(Nc3ccc(N4CCN(CC(F)(F)F)CC4)nc3)c3ncnn23)cs1. The molecule has 0 unspecified atom stereocenters. The van der Waals surface area contributed by atoms with E-state index >= 15 is 0 Å². The molecule has 0 radical (unpaired) electrons. The van der Waals surface area contributed by atoms with Gasteiger partial charge in [0.1, 0.15) is 12.1 Å². The van der Waals surface area contributed by atoms with Gasteiger partial charge in [-0.3, -0.25) is 9.69 Å². The molecule has 5 heterocycles. The van der Waals surface area contributed by atoms with Crippen molar-refractivity contribution in [2.24, 2.45) is 5.73 Å². The highest BCUT2D eigenvalue weighted by molar-refractivity contribution is 7.12. The monoisotopic (exact) mass is 503 g/mol. The van der Waals surface area contributed by atoms with Crippen molar-refractivity contribution in [2.75, 3.05) is 42.9 Å². The molecule has 0 aromatic carbocycles. The van der Waals surface area contributed by atoms with Crippen molar-refractivity contribution in [3.63, 3.8) is 0 Å². The van der Waals surface area contributed by atoms with Gasteiger partial charge in [0, 0.05) is 37.1 Å². The number of hydrogen-bond donors (Lipinski definition) is 2. The highest BCUT2D eigenvalue weighted by Gasteiger charge is 2.32. The maximum Gasteiger partial charge on any atom is 0.401 e. The predicted octanol–water partition coefficient (Wildman–Crippen LogP) is 2.77. The predicted molar refractivity (Wildman–Crippen MR) is 125 cm³/mol. The summed E-state index contributed by atoms with van der Waals surface area (Å²) in [4.78, 5) is 28.4. The normalized spacial score (nSPS) is 15.0. The highest BCUT2D eigenvalue weighted by atomic mass is 32.1. The van der Waals surface area contributed by atoms with Crippen molar-refractivity contribution in [1.29, 1.82) is 0 Å². The number of nitrogens with two attached hydrogens (primary N) is 1. The van der Waals surface area contributed by atoms with Gasteiger partial charge in [-0.1, -0.05) is 0 Å². The molecule has 3 N–H and O–H groups in total. The molecule has 35 heavy (non-hydrogen) atoms. The summed E-state index contributed by atoms with van der Waals surface area (Å²) < 4.78 is 39.4. The maximum atomic E-state index is 12.6. The number of rotatable bonds is 6. The van der Waals surface area contributed by atoms with Crippen molar-refractivity contribution in [2.45, 2.75) is 6.18 Å². The van der Waals surface area contributed by atoms with Crippen LogP contribution in [0, 0.1) is 0 Å². The van der Waals surface area contributed by atoms with Crippen LogP contribution in [0.4, 0.5) is 30.5 Å². The number of halogens is 3. The van der Waals surface area contributed by atoms with Crippen LogP contribution in [0.2, 0.25) is 0 Å². The minimum absolute atomic E-state index is 0.327. The molecule has 14 heteroatoms. The number of pyridine rings is 1. The van der Waals surface area contributed by atoms with Crippen LogP contribution < -0.4 is 16.0 Å². The van der Waals surface area contributed by atoms with Crippen LogP contribution in [0.25, 0.3) is 16.9 Å². The minimum Gasteiger partial charge on any atom is -0.365 e. The molecular formula is C21H20F3N9OS. The largest absolute Gasteiger partial charge is 0.401 e. The standard InChI is InChI=1S/C21H20F3N9OS/c22-21(23,24)11-31-3-5-32(6-4-31)17-2-1-14(8-26-17)30-19-20-28-12-29-33(20)15(9-27-19)13-7-16(18(25)34)35-10-13/h1-2,7-10,12H,3-6,11H2,(H2,25,34)(H,27,30). The van der Waals surface area contributed by atoms with Crippen molar-refractivity contribution < 1.29 is 18.0 Å². The summed E-state index contributed by atoms with van der Waals surface area (Å²) in [5, 5.41) is 9.25. The van der Waals surface area contributed by atoms with Crippen LogP contribution in [0.3, 0.4) is 0 Å². The first-order chi connectivity index (χ1) is 16.8. The van der Waals surface area contributed by atoms with E-state index in [4.69, 9.17) is 5.73 Å². The highest BCUT2D eigenvalue weighted by Crippen LogP contribution is 2.28. The Balaban J connectivity index is 1.29. The van der Waals surface area contributed by atoms with E-state index < -0.39 is 18.6 Å². The van der Waals surface area contributed by atoms with Crippen molar-refractivity contribution >= 4 is 40.2 Å². The Labute approximate surface area is 201 Å². The Morgan fingerprint density at radius 1 is 1.11 bits per heavy atom. The maximum absolute atomic E-state index is 12.6. The zero-order chi connectivity index (χ0) is 24.6. The summed E-state index contributed by atoms with van der Waals surface area (Å²) in [7, 11) is 0. The number of hydrogen-bond acceptors (Lipinski definition) is 9. The lowest BCUT2D eigenvalue weighted by atomic mass is 10.2. The van der Waals surface area contributed by atoms with Gasteiger partial charge in [-0.05, 0) is 18.2 Å². The van der Waals surface area contributed by atoms with Crippen molar-refractivity contribution in [3.05, 3.63) is 47.2 Å². The summed E-state index contributed by atoms with van der Waals surface area (Å²) in [6.07, 6.45) is 0.482. The van der Waals surface area contributed by atoms with E-state index in [0.717, 1.165) is 5.56 Å². The minimum atomic E-state index is -4.19. The molecule has 1 saturated heterocycles. The van der Waals surface area contributed by atoms with Crippen molar-refractivity contribution in [1.82, 2.24) is 29.5 Å². The second-order valence-electron chi connectivity index (χ2n) is 7.96. The molecule has 4 aromatic rings. The molecule has 0 atom stereocenters. The first kappa shape index (κ1) is 23.0. The topological polar surface area (TPSA) is 118 Å². The Morgan fingerprint density at radius 2 is 1.91 bits per heavy atom.